The Balaban J connectivity index is 1.57. The Morgan fingerprint density at radius 1 is 1.15 bits per heavy atom. The van der Waals surface area contributed by atoms with Crippen LogP contribution in [0.4, 0.5) is 5.82 Å². The van der Waals surface area contributed by atoms with Gasteiger partial charge in [0.1, 0.15) is 11.6 Å². The number of aromatic amines is 1. The third-order valence-corrected chi connectivity index (χ3v) is 4.52. The van der Waals surface area contributed by atoms with Crippen molar-refractivity contribution in [3.8, 4) is 11.4 Å². The molecule has 0 fully saturated rings. The highest BCUT2D eigenvalue weighted by molar-refractivity contribution is 5.56. The fraction of sp³-hybridized carbons (Fsp3) is 0.211. The molecule has 0 radical (unpaired) electrons. The van der Waals surface area contributed by atoms with Gasteiger partial charge in [-0.05, 0) is 45.0 Å². The molecular weight excluding hydrogens is 342 g/mol. The molecule has 1 atom stereocenters. The molecule has 8 heteroatoms. The molecule has 0 aromatic carbocycles. The first-order chi connectivity index (χ1) is 13.0. The second kappa shape index (κ2) is 6.64. The molecule has 4 aromatic heterocycles. The van der Waals surface area contributed by atoms with E-state index in [2.05, 4.69) is 30.5 Å². The minimum atomic E-state index is -0.132. The van der Waals surface area contributed by atoms with E-state index in [1.807, 2.05) is 54.8 Å². The molecule has 0 saturated heterocycles. The summed E-state index contributed by atoms with van der Waals surface area (Å²) >= 11 is 0. The first-order valence-electron chi connectivity index (χ1n) is 8.63. The molecule has 4 heterocycles. The fourth-order valence-corrected chi connectivity index (χ4v) is 2.84. The van der Waals surface area contributed by atoms with Crippen LogP contribution in [0.2, 0.25) is 0 Å². The Labute approximate surface area is 155 Å². The Morgan fingerprint density at radius 3 is 2.74 bits per heavy atom. The summed E-state index contributed by atoms with van der Waals surface area (Å²) in [5, 5.41) is 11.7. The Kier molecular flexibility index (Phi) is 4.15. The van der Waals surface area contributed by atoms with Crippen LogP contribution in [0.1, 0.15) is 30.0 Å². The van der Waals surface area contributed by atoms with E-state index >= 15 is 0 Å². The zero-order chi connectivity index (χ0) is 19.0. The fourth-order valence-electron chi connectivity index (χ4n) is 2.84. The first-order valence-corrected chi connectivity index (χ1v) is 8.63. The van der Waals surface area contributed by atoms with Crippen molar-refractivity contribution in [1.29, 1.82) is 0 Å². The van der Waals surface area contributed by atoms with Crippen LogP contribution in [0, 0.1) is 13.8 Å². The number of hydrogen-bond acceptors (Lipinski definition) is 6. The molecule has 0 aliphatic rings. The third-order valence-electron chi connectivity index (χ3n) is 4.52. The van der Waals surface area contributed by atoms with Gasteiger partial charge in [0.05, 0.1) is 6.04 Å². The lowest BCUT2D eigenvalue weighted by Crippen LogP contribution is -2.14. The van der Waals surface area contributed by atoms with Gasteiger partial charge in [0.25, 0.3) is 5.56 Å². The van der Waals surface area contributed by atoms with Crippen LogP contribution in [0.3, 0.4) is 0 Å². The van der Waals surface area contributed by atoms with Gasteiger partial charge in [-0.15, -0.1) is 10.2 Å². The van der Waals surface area contributed by atoms with Gasteiger partial charge in [0, 0.05) is 29.2 Å². The van der Waals surface area contributed by atoms with Gasteiger partial charge in [0.2, 0.25) is 0 Å². The van der Waals surface area contributed by atoms with E-state index < -0.39 is 0 Å². The summed E-state index contributed by atoms with van der Waals surface area (Å²) in [6.07, 6.45) is 3.62. The van der Waals surface area contributed by atoms with E-state index in [4.69, 9.17) is 0 Å². The summed E-state index contributed by atoms with van der Waals surface area (Å²) in [7, 11) is 0. The molecule has 0 amide bonds. The second-order valence-corrected chi connectivity index (χ2v) is 6.41. The van der Waals surface area contributed by atoms with Crippen LogP contribution >= 0.6 is 0 Å². The van der Waals surface area contributed by atoms with Crippen molar-refractivity contribution in [3.05, 3.63) is 70.2 Å². The number of nitrogens with zero attached hydrogens (tertiary/aromatic N) is 5. The number of anilines is 1. The first kappa shape index (κ1) is 16.9. The van der Waals surface area contributed by atoms with Gasteiger partial charge < -0.3 is 10.3 Å². The topological polar surface area (TPSA) is 101 Å². The zero-order valence-corrected chi connectivity index (χ0v) is 15.3. The summed E-state index contributed by atoms with van der Waals surface area (Å²) in [5.41, 5.74) is 2.75. The minimum absolute atomic E-state index is 0.0831. The van der Waals surface area contributed by atoms with Crippen molar-refractivity contribution < 1.29 is 0 Å². The smallest absolute Gasteiger partial charge is 0.254 e. The van der Waals surface area contributed by atoms with Crippen LogP contribution in [-0.4, -0.2) is 29.5 Å². The van der Waals surface area contributed by atoms with Gasteiger partial charge in [0.15, 0.2) is 11.5 Å². The van der Waals surface area contributed by atoms with Gasteiger partial charge in [-0.1, -0.05) is 6.07 Å². The van der Waals surface area contributed by atoms with Crippen molar-refractivity contribution in [2.45, 2.75) is 26.8 Å². The number of aromatic nitrogens is 6. The minimum Gasteiger partial charge on any atom is -0.360 e. The molecule has 4 aromatic rings. The van der Waals surface area contributed by atoms with Crippen molar-refractivity contribution >= 4 is 11.5 Å². The normalized spacial score (nSPS) is 12.3. The average molecular weight is 361 g/mol. The monoisotopic (exact) mass is 361 g/mol. The summed E-state index contributed by atoms with van der Waals surface area (Å²) in [6.45, 7) is 5.58. The maximum absolute atomic E-state index is 11.9. The molecule has 1 unspecified atom stereocenters. The molecule has 4 rings (SSSR count). The number of rotatable bonds is 4. The van der Waals surface area contributed by atoms with Crippen LogP contribution in [0.15, 0.2) is 47.5 Å². The van der Waals surface area contributed by atoms with Crippen LogP contribution < -0.4 is 10.9 Å². The SMILES string of the molecule is Cc1nc(-c2ccc(NC(C)c3nnc4ccccn34)nc2)[nH]c(=O)c1C. The lowest BCUT2D eigenvalue weighted by molar-refractivity contribution is 0.768. The number of hydrogen-bond donors (Lipinski definition) is 2. The molecule has 8 nitrogen and oxygen atoms in total. The van der Waals surface area contributed by atoms with E-state index in [1.54, 1.807) is 13.1 Å². The second-order valence-electron chi connectivity index (χ2n) is 6.41. The molecule has 0 aliphatic heterocycles. The molecule has 2 N–H and O–H groups in total. The summed E-state index contributed by atoms with van der Waals surface area (Å²) in [4.78, 5) is 23.6. The molecular formula is C19H19N7O. The summed E-state index contributed by atoms with van der Waals surface area (Å²) in [6, 6.07) is 9.42. The van der Waals surface area contributed by atoms with Gasteiger partial charge in [-0.2, -0.15) is 0 Å². The van der Waals surface area contributed by atoms with E-state index in [-0.39, 0.29) is 11.6 Å². The largest absolute Gasteiger partial charge is 0.360 e. The molecule has 0 spiro atoms. The van der Waals surface area contributed by atoms with E-state index in [1.165, 1.54) is 0 Å². The number of aryl methyl sites for hydroxylation is 1. The standard InChI is InChI=1S/C19H19N7O/c1-11-12(2)22-17(23-19(11)27)14-7-8-15(20-10-14)21-13(3)18-25-24-16-6-4-5-9-26(16)18/h4-10,13H,1-3H3,(H,20,21)(H,22,23,27). The predicted molar refractivity (Wildman–Crippen MR) is 103 cm³/mol. The Hall–Kier alpha value is -3.55. The average Bonchev–Trinajstić information content (AvgIpc) is 3.10. The van der Waals surface area contributed by atoms with Crippen molar-refractivity contribution in [1.82, 2.24) is 29.5 Å². The molecule has 0 bridgehead atoms. The molecule has 136 valence electrons. The van der Waals surface area contributed by atoms with Crippen molar-refractivity contribution in [2.24, 2.45) is 0 Å². The number of pyridine rings is 2. The predicted octanol–water partition coefficient (Wildman–Crippen LogP) is 2.66. The lowest BCUT2D eigenvalue weighted by atomic mass is 10.2. The van der Waals surface area contributed by atoms with Crippen LogP contribution in [0.5, 0.6) is 0 Å². The highest BCUT2D eigenvalue weighted by atomic mass is 16.1. The number of fused-ring (bicyclic) bond motifs is 1. The van der Waals surface area contributed by atoms with Gasteiger partial charge >= 0.3 is 0 Å². The molecule has 0 aliphatic carbocycles. The lowest BCUT2D eigenvalue weighted by Gasteiger charge is -2.13. The summed E-state index contributed by atoms with van der Waals surface area (Å²) in [5.74, 6) is 2.01. The maximum Gasteiger partial charge on any atom is 0.254 e. The Morgan fingerprint density at radius 2 is 2.00 bits per heavy atom. The van der Waals surface area contributed by atoms with E-state index in [0.29, 0.717) is 22.9 Å². The maximum atomic E-state index is 11.9. The van der Waals surface area contributed by atoms with Crippen molar-refractivity contribution in [3.63, 3.8) is 0 Å². The van der Waals surface area contributed by atoms with E-state index in [0.717, 1.165) is 17.0 Å². The Bertz CT molecular complexity index is 1160. The number of nitrogens with one attached hydrogen (secondary N) is 2. The van der Waals surface area contributed by atoms with E-state index in [9.17, 15) is 4.79 Å². The highest BCUT2D eigenvalue weighted by Crippen LogP contribution is 2.20. The van der Waals surface area contributed by atoms with Crippen LogP contribution in [-0.2, 0) is 0 Å². The molecule has 27 heavy (non-hydrogen) atoms. The van der Waals surface area contributed by atoms with Gasteiger partial charge in [-0.25, -0.2) is 9.97 Å². The number of H-pyrrole nitrogens is 1. The van der Waals surface area contributed by atoms with Crippen molar-refractivity contribution in [2.75, 3.05) is 5.32 Å². The highest BCUT2D eigenvalue weighted by Gasteiger charge is 2.14. The molecule has 0 saturated carbocycles. The quantitative estimate of drug-likeness (QED) is 0.579. The van der Waals surface area contributed by atoms with Crippen LogP contribution in [0.25, 0.3) is 17.0 Å². The third kappa shape index (κ3) is 3.17. The summed E-state index contributed by atoms with van der Waals surface area (Å²) < 4.78 is 1.94. The zero-order valence-electron chi connectivity index (χ0n) is 15.3. The van der Waals surface area contributed by atoms with Gasteiger partial charge in [-0.3, -0.25) is 9.20 Å².